The van der Waals surface area contributed by atoms with Gasteiger partial charge in [0.05, 0.1) is 0 Å². The number of rotatable bonds is 23. The van der Waals surface area contributed by atoms with Crippen molar-refractivity contribution in [2.45, 2.75) is 6.92 Å². The van der Waals surface area contributed by atoms with Gasteiger partial charge in [0.15, 0.2) is 0 Å². The largest absolute Gasteiger partial charge is 0.106 e. The molecule has 0 amide bonds. The van der Waals surface area contributed by atoms with Gasteiger partial charge in [-0.05, 0) is 168 Å². The normalized spacial score (nSPS) is 11.5. The van der Waals surface area contributed by atoms with E-state index in [4.69, 9.17) is 14.1 Å². The quantitative estimate of drug-likeness (QED) is 0.0272. The molecule has 9 rings (SSSR count). The van der Waals surface area contributed by atoms with Gasteiger partial charge in [0.1, 0.15) is 0 Å². The van der Waals surface area contributed by atoms with Crippen molar-refractivity contribution in [1.29, 1.82) is 0 Å². The van der Waals surface area contributed by atoms with Crippen molar-refractivity contribution in [1.82, 2.24) is 0 Å². The predicted octanol–water partition coefficient (Wildman–Crippen LogP) is 13.5. The summed E-state index contributed by atoms with van der Waals surface area (Å²) in [5.74, 6) is 0. The Morgan fingerprint density at radius 2 is 0.390 bits per heavy atom. The summed E-state index contributed by atoms with van der Waals surface area (Å²) in [6.07, 6.45) is 24.7. The minimum absolute atomic E-state index is 0. The molecule has 0 unspecified atom stereocenters. The van der Waals surface area contributed by atoms with Crippen LogP contribution >= 0.6 is 47.5 Å². The van der Waals surface area contributed by atoms with Crippen LogP contribution in [0.25, 0.3) is 0 Å². The molecule has 8 aromatic rings. The summed E-state index contributed by atoms with van der Waals surface area (Å²) in [4.78, 5) is 8.68. The van der Waals surface area contributed by atoms with Crippen molar-refractivity contribution in [3.8, 4) is 0 Å². The van der Waals surface area contributed by atoms with Crippen LogP contribution in [0.1, 0.15) is 6.92 Å². The molecular formula is C67H68MoO3P6-. The molecule has 10 heteroatoms. The van der Waals surface area contributed by atoms with E-state index in [1.807, 2.05) is 32.1 Å². The summed E-state index contributed by atoms with van der Waals surface area (Å²) in [7, 11) is -2.08. The van der Waals surface area contributed by atoms with E-state index in [1.165, 1.54) is 117 Å². The maximum Gasteiger partial charge on any atom is 0 e. The number of benzene rings is 8. The molecule has 0 atom stereocenters. The van der Waals surface area contributed by atoms with Crippen LogP contribution in [0.5, 0.6) is 0 Å². The summed E-state index contributed by atoms with van der Waals surface area (Å²) in [6, 6.07) is 91.6. The van der Waals surface area contributed by atoms with E-state index in [1.54, 1.807) is 0 Å². The zero-order chi connectivity index (χ0) is 53.7. The van der Waals surface area contributed by atoms with Crippen molar-refractivity contribution in [2.24, 2.45) is 0 Å². The molecule has 0 heterocycles. The minimum atomic E-state index is -0.425. The number of carbonyl (C=O) groups excluding carboxylic acids is 1. The fraction of sp³-hybridized carbons (Fsp3) is 0.164. The molecular weight excluding hydrogens is 1130 g/mol. The Balaban J connectivity index is 0.000000894. The standard InChI is InChI=1S/C58H60P6.C5H5.C2H3O.2CO.Mo/c1-9-25-51(26-10-1)61(52-27-11-2-12-28-52)47-43-59(44-48-62(53-29-13-3-14-30-53)54-31-15-4-16-32-54)41-42-60(45-49-63(55-33-17-5-18-34-55)56-35-19-6-20-36-56)46-50-64(57-37-21-7-22-38-57)58-39-23-8-24-40-58;1-2-4-5-3-1;1-2-3;2*1-2;/h1-40H,41-50H2;1-5H;1H3;;;/q;;-1;;;. The fourth-order valence-electron chi connectivity index (χ4n) is 8.73. The molecule has 0 aliphatic heterocycles. The van der Waals surface area contributed by atoms with Crippen LogP contribution in [0, 0.1) is 45.4 Å². The topological polar surface area (TPSA) is 56.9 Å². The Morgan fingerprint density at radius 1 is 0.273 bits per heavy atom. The third kappa shape index (κ3) is 23.8. The first kappa shape index (κ1) is 65.7. The molecule has 0 bridgehead atoms. The van der Waals surface area contributed by atoms with Crippen LogP contribution in [0.15, 0.2) is 243 Å². The average molecular weight is 1200 g/mol. The van der Waals surface area contributed by atoms with Crippen LogP contribution in [0.4, 0.5) is 0 Å². The molecule has 1 aliphatic carbocycles. The van der Waals surface area contributed by atoms with Crippen LogP contribution < -0.4 is 42.4 Å². The van der Waals surface area contributed by atoms with E-state index >= 15 is 0 Å². The predicted molar refractivity (Wildman–Crippen MR) is 340 cm³/mol. The first-order chi connectivity index (χ1) is 37.7. The van der Waals surface area contributed by atoms with E-state index in [2.05, 4.69) is 256 Å². The molecule has 0 N–H and O–H groups in total. The zero-order valence-corrected chi connectivity index (χ0v) is 51.2. The van der Waals surface area contributed by atoms with Crippen LogP contribution in [-0.2, 0) is 35.2 Å². The smallest absolute Gasteiger partial charge is 0 e. The monoisotopic (exact) mass is 1200 g/mol. The Hall–Kier alpha value is -3.82. The minimum Gasteiger partial charge on any atom is -0.106 e. The van der Waals surface area contributed by atoms with Gasteiger partial charge in [-0.2, -0.15) is 6.92 Å². The van der Waals surface area contributed by atoms with Crippen molar-refractivity contribution >= 4 is 96.3 Å². The summed E-state index contributed by atoms with van der Waals surface area (Å²) in [6.45, 7) is 10.3. The van der Waals surface area contributed by atoms with Crippen molar-refractivity contribution < 1.29 is 35.2 Å². The molecule has 0 aromatic heterocycles. The molecule has 1 fully saturated rings. The Bertz CT molecular complexity index is 2200. The average Bonchev–Trinajstić information content (AvgIpc) is 4.11. The van der Waals surface area contributed by atoms with E-state index in [0.717, 1.165) is 0 Å². The van der Waals surface area contributed by atoms with Gasteiger partial charge in [0, 0.05) is 21.1 Å². The van der Waals surface area contributed by atoms with Gasteiger partial charge in [-0.15, -0.1) is 15.8 Å². The second kappa shape index (κ2) is 41.2. The second-order valence-corrected chi connectivity index (χ2v) is 31.9. The molecule has 0 saturated heterocycles. The van der Waals surface area contributed by atoms with Gasteiger partial charge < -0.3 is 4.79 Å². The summed E-state index contributed by atoms with van der Waals surface area (Å²) >= 11 is 0. The van der Waals surface area contributed by atoms with E-state index in [9.17, 15) is 0 Å². The summed E-state index contributed by atoms with van der Waals surface area (Å²) in [5.41, 5.74) is 0. The first-order valence-corrected chi connectivity index (χ1v) is 35.4. The van der Waals surface area contributed by atoms with Gasteiger partial charge in [-0.1, -0.05) is 243 Å². The van der Waals surface area contributed by atoms with Crippen LogP contribution in [-0.4, -0.2) is 67.9 Å². The van der Waals surface area contributed by atoms with Crippen molar-refractivity contribution in [3.63, 3.8) is 0 Å². The van der Waals surface area contributed by atoms with E-state index < -0.39 is 31.7 Å². The maximum absolute atomic E-state index is 8.68. The summed E-state index contributed by atoms with van der Waals surface area (Å²) < 4.78 is 15.0. The zero-order valence-electron chi connectivity index (χ0n) is 43.9. The van der Waals surface area contributed by atoms with Gasteiger partial charge >= 0.3 is 22.6 Å². The van der Waals surface area contributed by atoms with E-state index in [0.29, 0.717) is 0 Å². The Labute approximate surface area is 484 Å². The van der Waals surface area contributed by atoms with Crippen LogP contribution in [0.3, 0.4) is 0 Å². The summed E-state index contributed by atoms with van der Waals surface area (Å²) in [5, 5.41) is 12.1. The van der Waals surface area contributed by atoms with Crippen LogP contribution in [0.2, 0.25) is 0 Å². The van der Waals surface area contributed by atoms with Gasteiger partial charge in [0.2, 0.25) is 0 Å². The third-order valence-corrected chi connectivity index (χ3v) is 29.3. The SMILES string of the molecule is C[C-]=O.[C-]#[O+].[C-]#[O+].[CH]1[CH][CH][CH][CH]1.[Mo].c1ccc(P(CCP(CCP(CCP(c2ccccc2)c2ccccc2)CCP(c2ccccc2)c2ccccc2)CCP(c2ccccc2)c2ccccc2)c2ccccc2)cc1. The molecule has 3 nitrogen and oxygen atoms in total. The first-order valence-electron chi connectivity index (χ1n) is 25.5. The molecule has 5 radical (unpaired) electrons. The maximum atomic E-state index is 8.68. The van der Waals surface area contributed by atoms with Gasteiger partial charge in [0.25, 0.3) is 0 Å². The molecule has 8 aromatic carbocycles. The molecule has 77 heavy (non-hydrogen) atoms. The number of hydrogen-bond donors (Lipinski definition) is 0. The Kier molecular flexibility index (Phi) is 35.2. The molecule has 1 saturated carbocycles. The van der Waals surface area contributed by atoms with E-state index in [-0.39, 0.29) is 36.9 Å². The van der Waals surface area contributed by atoms with Crippen molar-refractivity contribution in [3.05, 3.63) is 288 Å². The van der Waals surface area contributed by atoms with Crippen molar-refractivity contribution in [2.75, 3.05) is 61.6 Å². The fourth-order valence-corrected chi connectivity index (χ4v) is 27.6. The third-order valence-electron chi connectivity index (χ3n) is 12.4. The Morgan fingerprint density at radius 3 is 0.519 bits per heavy atom. The molecule has 391 valence electrons. The second-order valence-electron chi connectivity index (χ2n) is 17.1. The number of hydrogen-bond acceptors (Lipinski definition) is 1. The van der Waals surface area contributed by atoms with Gasteiger partial charge in [-0.25, -0.2) is 0 Å². The van der Waals surface area contributed by atoms with Gasteiger partial charge in [-0.3, -0.25) is 6.29 Å². The molecule has 1 aliphatic rings. The molecule has 0 spiro atoms.